The molecule has 0 aliphatic rings. The number of carbonyl (C=O) groups excluding carboxylic acids is 2. The van der Waals surface area contributed by atoms with Gasteiger partial charge in [0.15, 0.2) is 0 Å². The molecule has 0 aliphatic carbocycles. The first-order chi connectivity index (χ1) is 7.27. The molecule has 0 saturated heterocycles. The first-order valence-electron chi connectivity index (χ1n) is 4.44. The monoisotopic (exact) mass is 201 g/mol. The van der Waals surface area contributed by atoms with E-state index in [0.717, 1.165) is 11.1 Å². The van der Waals surface area contributed by atoms with Gasteiger partial charge in [0.25, 0.3) is 5.91 Å². The normalized spacial score (nSPS) is 8.80. The summed E-state index contributed by atoms with van der Waals surface area (Å²) in [4.78, 5) is 20.8. The van der Waals surface area contributed by atoms with Crippen LogP contribution in [-0.2, 0) is 16.1 Å². The fourth-order valence-corrected chi connectivity index (χ4v) is 1.17. The van der Waals surface area contributed by atoms with E-state index < -0.39 is 5.91 Å². The van der Waals surface area contributed by atoms with E-state index in [0.29, 0.717) is 6.54 Å². The van der Waals surface area contributed by atoms with Gasteiger partial charge in [-0.25, -0.2) is 0 Å². The molecule has 0 unspecified atom stereocenters. The SMILES string of the molecule is C=C=Cc1ccccc1CNC(=O)C=O. The van der Waals surface area contributed by atoms with Crippen LogP contribution >= 0.6 is 0 Å². The molecule has 0 heterocycles. The molecule has 0 bridgehead atoms. The van der Waals surface area contributed by atoms with Crippen molar-refractivity contribution in [3.63, 3.8) is 0 Å². The average molecular weight is 201 g/mol. The van der Waals surface area contributed by atoms with Crippen LogP contribution in [-0.4, -0.2) is 12.2 Å². The average Bonchev–Trinajstić information content (AvgIpc) is 2.28. The maximum Gasteiger partial charge on any atom is 0.284 e. The highest BCUT2D eigenvalue weighted by Gasteiger charge is 2.00. The maximum absolute atomic E-state index is 10.7. The Labute approximate surface area is 88.1 Å². The molecule has 0 saturated carbocycles. The van der Waals surface area contributed by atoms with Crippen molar-refractivity contribution < 1.29 is 9.59 Å². The molecule has 76 valence electrons. The number of nitrogens with one attached hydrogen (secondary N) is 1. The zero-order chi connectivity index (χ0) is 11.1. The summed E-state index contributed by atoms with van der Waals surface area (Å²) in [5.74, 6) is -0.618. The first-order valence-corrected chi connectivity index (χ1v) is 4.44. The van der Waals surface area contributed by atoms with Crippen LogP contribution in [0.4, 0.5) is 0 Å². The van der Waals surface area contributed by atoms with Gasteiger partial charge in [-0.05, 0) is 17.2 Å². The molecule has 0 fully saturated rings. The molecule has 0 aromatic heterocycles. The highest BCUT2D eigenvalue weighted by atomic mass is 16.2. The molecule has 3 nitrogen and oxygen atoms in total. The fraction of sp³-hybridized carbons (Fsp3) is 0.0833. The van der Waals surface area contributed by atoms with Crippen LogP contribution in [0.25, 0.3) is 6.08 Å². The second-order valence-electron chi connectivity index (χ2n) is 2.88. The van der Waals surface area contributed by atoms with Crippen LogP contribution in [0.3, 0.4) is 0 Å². The quantitative estimate of drug-likeness (QED) is 0.453. The number of aldehydes is 1. The molecule has 0 radical (unpaired) electrons. The first kappa shape index (κ1) is 11.0. The lowest BCUT2D eigenvalue weighted by Gasteiger charge is -2.04. The van der Waals surface area contributed by atoms with E-state index >= 15 is 0 Å². The van der Waals surface area contributed by atoms with Crippen LogP contribution in [0.2, 0.25) is 0 Å². The predicted molar refractivity (Wildman–Crippen MR) is 58.0 cm³/mol. The van der Waals surface area contributed by atoms with Gasteiger partial charge in [-0.15, -0.1) is 5.73 Å². The molecule has 1 aromatic rings. The Balaban J connectivity index is 2.79. The Kier molecular flexibility index (Phi) is 4.07. The number of hydrogen-bond donors (Lipinski definition) is 1. The van der Waals surface area contributed by atoms with Crippen molar-refractivity contribution in [1.29, 1.82) is 0 Å². The molecule has 1 amide bonds. The largest absolute Gasteiger partial charge is 0.346 e. The van der Waals surface area contributed by atoms with Crippen molar-refractivity contribution >= 4 is 18.3 Å². The molecule has 3 heteroatoms. The lowest BCUT2D eigenvalue weighted by molar-refractivity contribution is -0.131. The fourth-order valence-electron chi connectivity index (χ4n) is 1.17. The second-order valence-corrected chi connectivity index (χ2v) is 2.88. The van der Waals surface area contributed by atoms with Gasteiger partial charge in [0.1, 0.15) is 0 Å². The summed E-state index contributed by atoms with van der Waals surface area (Å²) >= 11 is 0. The minimum Gasteiger partial charge on any atom is -0.346 e. The number of benzene rings is 1. The maximum atomic E-state index is 10.7. The summed E-state index contributed by atoms with van der Waals surface area (Å²) < 4.78 is 0. The summed E-state index contributed by atoms with van der Waals surface area (Å²) in [5.41, 5.74) is 4.52. The van der Waals surface area contributed by atoms with E-state index in [2.05, 4.69) is 17.6 Å². The molecular formula is C12H11NO2. The molecule has 0 spiro atoms. The molecule has 0 aliphatic heterocycles. The van der Waals surface area contributed by atoms with Crippen molar-refractivity contribution in [3.05, 3.63) is 47.7 Å². The van der Waals surface area contributed by atoms with Crippen LogP contribution in [0, 0.1) is 0 Å². The van der Waals surface area contributed by atoms with Crippen molar-refractivity contribution in [2.75, 3.05) is 0 Å². The molecule has 15 heavy (non-hydrogen) atoms. The molecule has 1 N–H and O–H groups in total. The third-order valence-electron chi connectivity index (χ3n) is 1.87. The molecular weight excluding hydrogens is 190 g/mol. The van der Waals surface area contributed by atoms with Crippen molar-refractivity contribution in [2.24, 2.45) is 0 Å². The molecule has 1 rings (SSSR count). The van der Waals surface area contributed by atoms with Crippen LogP contribution < -0.4 is 5.32 Å². The van der Waals surface area contributed by atoms with E-state index in [1.54, 1.807) is 6.08 Å². The van der Waals surface area contributed by atoms with Gasteiger partial charge < -0.3 is 5.32 Å². The van der Waals surface area contributed by atoms with Crippen molar-refractivity contribution in [1.82, 2.24) is 5.32 Å². The molecule has 1 aromatic carbocycles. The lowest BCUT2D eigenvalue weighted by atomic mass is 10.1. The Morgan fingerprint density at radius 1 is 1.47 bits per heavy atom. The number of amides is 1. The lowest BCUT2D eigenvalue weighted by Crippen LogP contribution is -2.23. The third kappa shape index (κ3) is 3.25. The van der Waals surface area contributed by atoms with Gasteiger partial charge in [-0.2, -0.15) is 0 Å². The van der Waals surface area contributed by atoms with Crippen LogP contribution in [0.5, 0.6) is 0 Å². The standard InChI is InChI=1S/C12H11NO2/c1-2-5-10-6-3-4-7-11(10)8-13-12(15)9-14/h3-7,9H,1,8H2,(H,13,15). The zero-order valence-corrected chi connectivity index (χ0v) is 8.19. The van der Waals surface area contributed by atoms with Gasteiger partial charge in [-0.1, -0.05) is 30.8 Å². The summed E-state index contributed by atoms with van der Waals surface area (Å²) in [7, 11) is 0. The Bertz CT molecular complexity index is 417. The Morgan fingerprint density at radius 2 is 2.20 bits per heavy atom. The summed E-state index contributed by atoms with van der Waals surface area (Å²) in [6, 6.07) is 7.51. The van der Waals surface area contributed by atoms with E-state index in [9.17, 15) is 9.59 Å². The third-order valence-corrected chi connectivity index (χ3v) is 1.87. The number of rotatable bonds is 4. The van der Waals surface area contributed by atoms with Crippen molar-refractivity contribution in [2.45, 2.75) is 6.54 Å². The highest BCUT2D eigenvalue weighted by Crippen LogP contribution is 2.09. The Hall–Kier alpha value is -2.12. The summed E-state index contributed by atoms with van der Waals surface area (Å²) in [6.45, 7) is 3.81. The number of carbonyl (C=O) groups is 2. The van der Waals surface area contributed by atoms with Gasteiger partial charge >= 0.3 is 0 Å². The van der Waals surface area contributed by atoms with Gasteiger partial charge in [0.2, 0.25) is 6.29 Å². The second kappa shape index (κ2) is 5.58. The summed E-state index contributed by atoms with van der Waals surface area (Å²) in [6.07, 6.45) is 1.98. The van der Waals surface area contributed by atoms with Gasteiger partial charge in [0.05, 0.1) is 0 Å². The van der Waals surface area contributed by atoms with Gasteiger partial charge in [0, 0.05) is 6.54 Å². The highest BCUT2D eigenvalue weighted by molar-refractivity contribution is 6.23. The molecule has 0 atom stereocenters. The van der Waals surface area contributed by atoms with E-state index in [-0.39, 0.29) is 6.29 Å². The zero-order valence-electron chi connectivity index (χ0n) is 8.19. The van der Waals surface area contributed by atoms with E-state index in [1.807, 2.05) is 24.3 Å². The summed E-state index contributed by atoms with van der Waals surface area (Å²) in [5, 5.41) is 2.47. The van der Waals surface area contributed by atoms with E-state index in [1.165, 1.54) is 0 Å². The Morgan fingerprint density at radius 3 is 2.87 bits per heavy atom. The smallest absolute Gasteiger partial charge is 0.284 e. The predicted octanol–water partition coefficient (Wildman–Crippen LogP) is 1.30. The van der Waals surface area contributed by atoms with Gasteiger partial charge in [-0.3, -0.25) is 9.59 Å². The van der Waals surface area contributed by atoms with Crippen molar-refractivity contribution in [3.8, 4) is 0 Å². The minimum atomic E-state index is -0.618. The topological polar surface area (TPSA) is 46.2 Å². The van der Waals surface area contributed by atoms with Crippen LogP contribution in [0.15, 0.2) is 36.6 Å². The minimum absolute atomic E-state index is 0.256. The van der Waals surface area contributed by atoms with Crippen LogP contribution in [0.1, 0.15) is 11.1 Å². The van der Waals surface area contributed by atoms with E-state index in [4.69, 9.17) is 0 Å². The number of hydrogen-bond acceptors (Lipinski definition) is 2.